The van der Waals surface area contributed by atoms with E-state index in [1.807, 2.05) is 24.3 Å². The van der Waals surface area contributed by atoms with Crippen LogP contribution in [0.5, 0.6) is 0 Å². The number of amides is 1. The van der Waals surface area contributed by atoms with Crippen molar-refractivity contribution in [3.8, 4) is 0 Å². The summed E-state index contributed by atoms with van der Waals surface area (Å²) in [6.45, 7) is 3.87. The first-order chi connectivity index (χ1) is 12.0. The lowest BCUT2D eigenvalue weighted by Gasteiger charge is -2.07. The minimum absolute atomic E-state index is 0.374. The first-order valence-electron chi connectivity index (χ1n) is 7.95. The first kappa shape index (κ1) is 18.7. The summed E-state index contributed by atoms with van der Waals surface area (Å²) >= 11 is 5.95. The van der Waals surface area contributed by atoms with Crippen molar-refractivity contribution >= 4 is 35.2 Å². The predicted molar refractivity (Wildman–Crippen MR) is 101 cm³/mol. The summed E-state index contributed by atoms with van der Waals surface area (Å²) in [4.78, 5) is 23.5. The smallest absolute Gasteiger partial charge is 0.331 e. The van der Waals surface area contributed by atoms with Crippen molar-refractivity contribution in [2.24, 2.45) is 0 Å². The molecule has 0 bridgehead atoms. The zero-order valence-corrected chi connectivity index (χ0v) is 14.9. The van der Waals surface area contributed by atoms with E-state index in [2.05, 4.69) is 19.2 Å². The summed E-state index contributed by atoms with van der Waals surface area (Å²) in [7, 11) is 0. The van der Waals surface area contributed by atoms with Crippen LogP contribution in [-0.2, 0) is 14.3 Å². The fourth-order valence-corrected chi connectivity index (χ4v) is 2.27. The van der Waals surface area contributed by atoms with Crippen LogP contribution in [0.25, 0.3) is 6.08 Å². The van der Waals surface area contributed by atoms with Crippen molar-refractivity contribution in [2.75, 3.05) is 11.9 Å². The molecule has 0 aromatic heterocycles. The Morgan fingerprint density at radius 2 is 1.80 bits per heavy atom. The number of hydrogen-bond donors (Lipinski definition) is 1. The van der Waals surface area contributed by atoms with Gasteiger partial charge in [-0.3, -0.25) is 4.79 Å². The molecule has 2 aromatic rings. The summed E-state index contributed by atoms with van der Waals surface area (Å²) in [5, 5.41) is 3.01. The predicted octanol–water partition coefficient (Wildman–Crippen LogP) is 4.66. The van der Waals surface area contributed by atoms with E-state index in [9.17, 15) is 9.59 Å². The second-order valence-corrected chi connectivity index (χ2v) is 6.20. The van der Waals surface area contributed by atoms with Crippen LogP contribution in [0.1, 0.15) is 30.9 Å². The summed E-state index contributed by atoms with van der Waals surface area (Å²) < 4.78 is 4.92. The second kappa shape index (κ2) is 9.04. The summed E-state index contributed by atoms with van der Waals surface area (Å²) in [5.74, 6) is -0.571. The van der Waals surface area contributed by atoms with E-state index in [-0.39, 0.29) is 6.61 Å². The molecule has 130 valence electrons. The fourth-order valence-electron chi connectivity index (χ4n) is 2.09. The molecular formula is C20H20ClNO3. The number of halogens is 1. The Morgan fingerprint density at radius 3 is 2.44 bits per heavy atom. The molecule has 1 N–H and O–H groups in total. The minimum atomic E-state index is -0.581. The van der Waals surface area contributed by atoms with Crippen LogP contribution in [0.4, 0.5) is 5.69 Å². The van der Waals surface area contributed by atoms with Gasteiger partial charge >= 0.3 is 5.97 Å². The van der Waals surface area contributed by atoms with Crippen LogP contribution in [0.2, 0.25) is 5.02 Å². The van der Waals surface area contributed by atoms with E-state index in [4.69, 9.17) is 16.3 Å². The number of ether oxygens (including phenoxy) is 1. The molecule has 0 heterocycles. The summed E-state index contributed by atoms with van der Waals surface area (Å²) in [6.07, 6.45) is 2.95. The number of benzene rings is 2. The summed E-state index contributed by atoms with van der Waals surface area (Å²) in [5.41, 5.74) is 2.60. The van der Waals surface area contributed by atoms with Crippen LogP contribution in [0.3, 0.4) is 0 Å². The Morgan fingerprint density at radius 1 is 1.12 bits per heavy atom. The number of rotatable bonds is 6. The van der Waals surface area contributed by atoms with E-state index in [0.29, 0.717) is 16.6 Å². The fraction of sp³-hybridized carbons (Fsp3) is 0.200. The number of anilines is 1. The first-order valence-corrected chi connectivity index (χ1v) is 8.32. The van der Waals surface area contributed by atoms with Gasteiger partial charge in [0.1, 0.15) is 0 Å². The summed E-state index contributed by atoms with van der Waals surface area (Å²) in [6, 6.07) is 14.8. The van der Waals surface area contributed by atoms with Crippen molar-refractivity contribution in [3.05, 3.63) is 70.8 Å². The van der Waals surface area contributed by atoms with Gasteiger partial charge in [-0.15, -0.1) is 0 Å². The molecule has 0 fully saturated rings. The van der Waals surface area contributed by atoms with Crippen LogP contribution >= 0.6 is 11.6 Å². The molecule has 2 aromatic carbocycles. The third-order valence-electron chi connectivity index (χ3n) is 3.51. The molecule has 0 aliphatic carbocycles. The molecule has 2 rings (SSSR count). The van der Waals surface area contributed by atoms with Crippen molar-refractivity contribution in [2.45, 2.75) is 19.8 Å². The van der Waals surface area contributed by atoms with Gasteiger partial charge in [0.25, 0.3) is 5.91 Å². The molecular weight excluding hydrogens is 338 g/mol. The van der Waals surface area contributed by atoms with E-state index < -0.39 is 11.9 Å². The molecule has 0 aliphatic rings. The normalized spacial score (nSPS) is 10.9. The standard InChI is InChI=1S/C20H20ClNO3/c1-14(2)16-10-7-15(8-11-16)9-12-20(24)25-13-19(23)22-18-6-4-3-5-17(18)21/h3-12,14H,13H2,1-2H3,(H,22,23). The number of hydrogen-bond acceptors (Lipinski definition) is 3. The van der Waals surface area contributed by atoms with Crippen molar-refractivity contribution in [1.29, 1.82) is 0 Å². The molecule has 1 amide bonds. The van der Waals surface area contributed by atoms with Gasteiger partial charge in [0, 0.05) is 6.08 Å². The molecule has 0 radical (unpaired) electrons. The zero-order valence-electron chi connectivity index (χ0n) is 14.2. The Kier molecular flexibility index (Phi) is 6.78. The lowest BCUT2D eigenvalue weighted by atomic mass is 10.0. The molecule has 0 aliphatic heterocycles. The quantitative estimate of drug-likeness (QED) is 0.604. The average molecular weight is 358 g/mol. The third kappa shape index (κ3) is 6.08. The van der Waals surface area contributed by atoms with Gasteiger partial charge in [0.15, 0.2) is 6.61 Å². The highest BCUT2D eigenvalue weighted by Gasteiger charge is 2.07. The monoisotopic (exact) mass is 357 g/mol. The zero-order chi connectivity index (χ0) is 18.2. The number of esters is 1. The third-order valence-corrected chi connectivity index (χ3v) is 3.84. The van der Waals surface area contributed by atoms with Crippen molar-refractivity contribution < 1.29 is 14.3 Å². The van der Waals surface area contributed by atoms with Gasteiger partial charge < -0.3 is 10.1 Å². The number of nitrogens with one attached hydrogen (secondary N) is 1. The largest absolute Gasteiger partial charge is 0.452 e. The number of carbonyl (C=O) groups excluding carboxylic acids is 2. The maximum absolute atomic E-state index is 11.8. The van der Waals surface area contributed by atoms with Gasteiger partial charge in [0.05, 0.1) is 10.7 Å². The minimum Gasteiger partial charge on any atom is -0.452 e. The Bertz CT molecular complexity index is 767. The second-order valence-electron chi connectivity index (χ2n) is 5.79. The molecule has 0 unspecified atom stereocenters. The topological polar surface area (TPSA) is 55.4 Å². The maximum Gasteiger partial charge on any atom is 0.331 e. The van der Waals surface area contributed by atoms with Gasteiger partial charge in [0.2, 0.25) is 0 Å². The Hall–Kier alpha value is -2.59. The molecule has 0 saturated heterocycles. The van der Waals surface area contributed by atoms with Gasteiger partial charge in [-0.2, -0.15) is 0 Å². The van der Waals surface area contributed by atoms with Crippen LogP contribution < -0.4 is 5.32 Å². The lowest BCUT2D eigenvalue weighted by molar-refractivity contribution is -0.142. The molecule has 25 heavy (non-hydrogen) atoms. The highest BCUT2D eigenvalue weighted by molar-refractivity contribution is 6.33. The van der Waals surface area contributed by atoms with E-state index in [1.165, 1.54) is 11.6 Å². The van der Waals surface area contributed by atoms with Crippen LogP contribution in [-0.4, -0.2) is 18.5 Å². The highest BCUT2D eigenvalue weighted by atomic mass is 35.5. The lowest BCUT2D eigenvalue weighted by Crippen LogP contribution is -2.20. The van der Waals surface area contributed by atoms with Gasteiger partial charge in [-0.25, -0.2) is 4.79 Å². The van der Waals surface area contributed by atoms with E-state index in [1.54, 1.807) is 30.3 Å². The molecule has 0 atom stereocenters. The van der Waals surface area contributed by atoms with Gasteiger partial charge in [-0.1, -0.05) is 61.8 Å². The Labute approximate surface area is 152 Å². The molecule has 0 spiro atoms. The highest BCUT2D eigenvalue weighted by Crippen LogP contribution is 2.20. The van der Waals surface area contributed by atoms with Crippen molar-refractivity contribution in [1.82, 2.24) is 0 Å². The van der Waals surface area contributed by atoms with Crippen LogP contribution in [0, 0.1) is 0 Å². The average Bonchev–Trinajstić information content (AvgIpc) is 2.60. The molecule has 0 saturated carbocycles. The van der Waals surface area contributed by atoms with Crippen LogP contribution in [0.15, 0.2) is 54.6 Å². The number of para-hydroxylation sites is 1. The van der Waals surface area contributed by atoms with E-state index >= 15 is 0 Å². The SMILES string of the molecule is CC(C)c1ccc(C=CC(=O)OCC(=O)Nc2ccccc2Cl)cc1. The van der Waals surface area contributed by atoms with Crippen molar-refractivity contribution in [3.63, 3.8) is 0 Å². The molecule has 4 nitrogen and oxygen atoms in total. The maximum atomic E-state index is 11.8. The Balaban J connectivity index is 1.81. The van der Waals surface area contributed by atoms with Gasteiger partial charge in [-0.05, 0) is 35.3 Å². The number of carbonyl (C=O) groups is 2. The molecule has 5 heteroatoms. The van der Waals surface area contributed by atoms with E-state index in [0.717, 1.165) is 5.56 Å².